The molecule has 11 heteroatoms. The van der Waals surface area contributed by atoms with E-state index in [4.69, 9.17) is 10.4 Å². The Balaban J connectivity index is 1.96. The van der Waals surface area contributed by atoms with Gasteiger partial charge in [0.15, 0.2) is 5.16 Å². The summed E-state index contributed by atoms with van der Waals surface area (Å²) in [6, 6.07) is 4.31. The van der Waals surface area contributed by atoms with Gasteiger partial charge in [0, 0.05) is 12.7 Å². The first-order valence-corrected chi connectivity index (χ1v) is 6.78. The summed E-state index contributed by atoms with van der Waals surface area (Å²) < 4.78 is 1.59. The number of nitrogens with zero attached hydrogens (tertiary/aromatic N) is 5. The second-order valence-corrected chi connectivity index (χ2v) is 5.35. The van der Waals surface area contributed by atoms with Crippen molar-refractivity contribution in [1.29, 1.82) is 0 Å². The molecule has 3 rings (SSSR count). The SMILES string of the molecule is Cn1cnc(N(O)O)c1Sc1nc2ccc(N([O-])[O-])cc2[nH]1. The molecule has 0 fully saturated rings. The van der Waals surface area contributed by atoms with Gasteiger partial charge in [0.05, 0.1) is 17.4 Å². The Labute approximate surface area is 127 Å². The summed E-state index contributed by atoms with van der Waals surface area (Å²) in [7, 11) is 1.69. The summed E-state index contributed by atoms with van der Waals surface area (Å²) in [6.45, 7) is 0. The van der Waals surface area contributed by atoms with E-state index in [1.807, 2.05) is 0 Å². The van der Waals surface area contributed by atoms with Crippen molar-refractivity contribution in [2.75, 3.05) is 10.5 Å². The van der Waals surface area contributed by atoms with Crippen LogP contribution in [-0.2, 0) is 7.05 Å². The van der Waals surface area contributed by atoms with Crippen LogP contribution in [0.1, 0.15) is 0 Å². The average Bonchev–Trinajstić information content (AvgIpc) is 3.02. The Kier molecular flexibility index (Phi) is 3.64. The van der Waals surface area contributed by atoms with Crippen LogP contribution in [0.25, 0.3) is 11.0 Å². The molecule has 10 nitrogen and oxygen atoms in total. The van der Waals surface area contributed by atoms with Gasteiger partial charge >= 0.3 is 0 Å². The molecule has 22 heavy (non-hydrogen) atoms. The molecule has 0 amide bonds. The third kappa shape index (κ3) is 2.58. The summed E-state index contributed by atoms with van der Waals surface area (Å²) in [5.74, 6) is -0.0427. The molecule has 3 aromatic rings. The molecular weight excluding hydrogens is 312 g/mol. The van der Waals surface area contributed by atoms with E-state index in [0.717, 1.165) is 11.8 Å². The Morgan fingerprint density at radius 1 is 1.32 bits per heavy atom. The Bertz CT molecular complexity index is 814. The molecule has 0 aliphatic rings. The van der Waals surface area contributed by atoms with Crippen LogP contribution in [0.5, 0.6) is 0 Å². The van der Waals surface area contributed by atoms with Crippen molar-refractivity contribution in [1.82, 2.24) is 19.5 Å². The molecule has 0 saturated heterocycles. The highest BCUT2D eigenvalue weighted by Gasteiger charge is 2.16. The first-order valence-electron chi connectivity index (χ1n) is 5.97. The highest BCUT2D eigenvalue weighted by molar-refractivity contribution is 7.99. The number of nitrogens with one attached hydrogen (secondary N) is 1. The van der Waals surface area contributed by atoms with Gasteiger partial charge in [-0.1, -0.05) is 0 Å². The number of imidazole rings is 2. The van der Waals surface area contributed by atoms with Crippen LogP contribution in [0, 0.1) is 10.4 Å². The smallest absolute Gasteiger partial charge is 0.215 e. The molecule has 0 unspecified atom stereocenters. The quantitative estimate of drug-likeness (QED) is 0.613. The van der Waals surface area contributed by atoms with Crippen molar-refractivity contribution in [2.24, 2.45) is 7.05 Å². The second-order valence-electron chi connectivity index (χ2n) is 4.38. The number of aromatic amines is 1. The van der Waals surface area contributed by atoms with Crippen LogP contribution in [0.3, 0.4) is 0 Å². The first-order chi connectivity index (χ1) is 10.5. The van der Waals surface area contributed by atoms with Crippen molar-refractivity contribution in [3.63, 3.8) is 0 Å². The molecular formula is C11H10N6O4S-2. The van der Waals surface area contributed by atoms with E-state index in [1.165, 1.54) is 18.5 Å². The average molecular weight is 322 g/mol. The first kappa shape index (κ1) is 14.6. The van der Waals surface area contributed by atoms with E-state index in [-0.39, 0.29) is 16.7 Å². The fraction of sp³-hybridized carbons (Fsp3) is 0.0909. The van der Waals surface area contributed by atoms with Gasteiger partial charge in [-0.25, -0.2) is 9.97 Å². The summed E-state index contributed by atoms with van der Waals surface area (Å²) in [6.07, 6.45) is 1.42. The maximum Gasteiger partial charge on any atom is 0.215 e. The standard InChI is InChI=1S/C11H10N6O4S/c1-15-5-12-9(17(20)21)10(15)22-11-13-7-3-2-6(16(18)19)4-8(7)14-11/h2-5,20-21H,1H3,(H,13,14)/q-2. The predicted octanol–water partition coefficient (Wildman–Crippen LogP) is 1.83. The maximum atomic E-state index is 10.8. The van der Waals surface area contributed by atoms with E-state index in [0.29, 0.717) is 21.2 Å². The fourth-order valence-corrected chi connectivity index (χ4v) is 2.79. The molecule has 116 valence electrons. The lowest BCUT2D eigenvalue weighted by molar-refractivity contribution is 0.0253. The number of H-pyrrole nitrogens is 1. The second kappa shape index (κ2) is 5.47. The molecule has 3 N–H and O–H groups in total. The number of hydrogen-bond acceptors (Lipinski definition) is 9. The molecule has 0 spiro atoms. The van der Waals surface area contributed by atoms with Crippen molar-refractivity contribution >= 4 is 34.3 Å². The minimum Gasteiger partial charge on any atom is -0.769 e. The molecule has 0 radical (unpaired) electrons. The van der Waals surface area contributed by atoms with Gasteiger partial charge in [-0.2, -0.15) is 0 Å². The zero-order chi connectivity index (χ0) is 15.9. The molecule has 0 aliphatic carbocycles. The van der Waals surface area contributed by atoms with Crippen molar-refractivity contribution < 1.29 is 10.4 Å². The maximum absolute atomic E-state index is 10.8. The summed E-state index contributed by atoms with van der Waals surface area (Å²) in [5, 5.41) is 40.1. The van der Waals surface area contributed by atoms with Crippen LogP contribution in [0.2, 0.25) is 0 Å². The lowest BCUT2D eigenvalue weighted by Gasteiger charge is -2.37. The Hall–Kier alpha value is -2.31. The molecule has 0 aliphatic heterocycles. The van der Waals surface area contributed by atoms with Gasteiger partial charge in [-0.15, -0.1) is 5.23 Å². The minimum atomic E-state index is -0.484. The molecule has 2 aromatic heterocycles. The molecule has 0 bridgehead atoms. The van der Waals surface area contributed by atoms with Crippen LogP contribution in [0.15, 0.2) is 34.7 Å². The van der Waals surface area contributed by atoms with Gasteiger partial charge in [0.2, 0.25) is 5.82 Å². The normalized spacial score (nSPS) is 11.1. The number of anilines is 2. The number of hydrogen-bond donors (Lipinski definition) is 3. The summed E-state index contributed by atoms with van der Waals surface area (Å²) >= 11 is 1.12. The third-order valence-corrected chi connectivity index (χ3v) is 3.95. The van der Waals surface area contributed by atoms with E-state index in [9.17, 15) is 10.4 Å². The lowest BCUT2D eigenvalue weighted by atomic mass is 10.3. The number of fused-ring (bicyclic) bond motifs is 1. The van der Waals surface area contributed by atoms with Crippen molar-refractivity contribution in [2.45, 2.75) is 10.2 Å². The molecule has 1 aromatic carbocycles. The predicted molar refractivity (Wildman–Crippen MR) is 78.7 cm³/mol. The van der Waals surface area contributed by atoms with E-state index >= 15 is 0 Å². The number of aromatic nitrogens is 4. The fourth-order valence-electron chi connectivity index (χ4n) is 1.89. The monoisotopic (exact) mass is 322 g/mol. The van der Waals surface area contributed by atoms with Gasteiger partial charge in [-0.3, -0.25) is 10.4 Å². The van der Waals surface area contributed by atoms with E-state index in [1.54, 1.807) is 17.7 Å². The number of benzene rings is 1. The van der Waals surface area contributed by atoms with Crippen LogP contribution in [-0.4, -0.2) is 29.9 Å². The zero-order valence-electron chi connectivity index (χ0n) is 11.2. The van der Waals surface area contributed by atoms with Crippen LogP contribution >= 0.6 is 11.8 Å². The van der Waals surface area contributed by atoms with E-state index < -0.39 is 5.23 Å². The summed E-state index contributed by atoms with van der Waals surface area (Å²) in [5.41, 5.74) is 1.05. The third-order valence-electron chi connectivity index (χ3n) is 2.90. The highest BCUT2D eigenvalue weighted by atomic mass is 32.2. The Morgan fingerprint density at radius 3 is 2.77 bits per heavy atom. The van der Waals surface area contributed by atoms with Crippen LogP contribution < -0.4 is 10.5 Å². The van der Waals surface area contributed by atoms with Crippen molar-refractivity contribution in [3.05, 3.63) is 34.9 Å². The molecule has 2 heterocycles. The molecule has 0 atom stereocenters. The largest absolute Gasteiger partial charge is 0.769 e. The number of aryl methyl sites for hydroxylation is 1. The molecule has 0 saturated carbocycles. The van der Waals surface area contributed by atoms with E-state index in [2.05, 4.69) is 15.0 Å². The Morgan fingerprint density at radius 2 is 2.09 bits per heavy atom. The summed E-state index contributed by atoms with van der Waals surface area (Å²) in [4.78, 5) is 11.1. The van der Waals surface area contributed by atoms with Crippen molar-refractivity contribution in [3.8, 4) is 0 Å². The highest BCUT2D eigenvalue weighted by Crippen LogP contribution is 2.33. The lowest BCUT2D eigenvalue weighted by Crippen LogP contribution is -2.12. The number of rotatable bonds is 4. The zero-order valence-corrected chi connectivity index (χ0v) is 12.0. The van der Waals surface area contributed by atoms with Gasteiger partial charge in [0.1, 0.15) is 5.03 Å². The minimum absolute atomic E-state index is 0.0363. The van der Waals surface area contributed by atoms with Crippen LogP contribution in [0.4, 0.5) is 11.5 Å². The van der Waals surface area contributed by atoms with Gasteiger partial charge in [-0.05, 0) is 30.0 Å². The van der Waals surface area contributed by atoms with Gasteiger partial charge in [0.25, 0.3) is 0 Å². The van der Waals surface area contributed by atoms with Gasteiger partial charge < -0.3 is 25.2 Å². The topological polar surface area (TPSA) is 140 Å².